The van der Waals surface area contributed by atoms with Crippen molar-refractivity contribution in [3.05, 3.63) is 24.8 Å². The van der Waals surface area contributed by atoms with E-state index in [1.165, 1.54) is 3.57 Å². The van der Waals surface area contributed by atoms with Crippen molar-refractivity contribution in [2.75, 3.05) is 0 Å². The highest BCUT2D eigenvalue weighted by Gasteiger charge is 2.02. The van der Waals surface area contributed by atoms with Crippen LogP contribution in [0.25, 0.3) is 0 Å². The van der Waals surface area contributed by atoms with Gasteiger partial charge in [-0.1, -0.05) is 0 Å². The van der Waals surface area contributed by atoms with Gasteiger partial charge in [0.1, 0.15) is 5.75 Å². The molecule has 1 aromatic carbocycles. The molecule has 0 heterocycles. The van der Waals surface area contributed by atoms with Crippen LogP contribution in [0.3, 0.4) is 0 Å². The highest BCUT2D eigenvalue weighted by Crippen LogP contribution is 2.25. The number of benzene rings is 1. The van der Waals surface area contributed by atoms with Gasteiger partial charge in [-0.05, 0) is 69.8 Å². The fourth-order valence-electron chi connectivity index (χ4n) is 0.647. The van der Waals surface area contributed by atoms with E-state index >= 15 is 0 Å². The molecule has 0 aliphatic heterocycles. The molecule has 1 N–H and O–H groups in total. The summed E-state index contributed by atoms with van der Waals surface area (Å²) in [6, 6.07) is 3.63. The van der Waals surface area contributed by atoms with E-state index < -0.39 is 0 Å². The first kappa shape index (κ1) is 8.58. The fraction of sp³-hybridized carbons (Fsp3) is 0.143. The predicted octanol–water partition coefficient (Wildman–Crippen LogP) is 2.91. The summed E-state index contributed by atoms with van der Waals surface area (Å²) in [5.74, 6) is 0.374. The minimum atomic E-state index is 0.374. The van der Waals surface area contributed by atoms with E-state index in [1.807, 2.05) is 13.0 Å². The second-order valence-corrected chi connectivity index (χ2v) is 4.25. The van der Waals surface area contributed by atoms with Crippen molar-refractivity contribution in [1.29, 1.82) is 0 Å². The second kappa shape index (κ2) is 3.25. The Bertz CT molecular complexity index is 231. The molecule has 54 valence electrons. The van der Waals surface area contributed by atoms with E-state index in [1.54, 1.807) is 6.07 Å². The quantitative estimate of drug-likeness (QED) is 0.706. The van der Waals surface area contributed by atoms with Crippen molar-refractivity contribution in [3.63, 3.8) is 0 Å². The van der Waals surface area contributed by atoms with E-state index in [4.69, 9.17) is 0 Å². The number of hydrogen-bond donors (Lipinski definition) is 1. The smallest absolute Gasteiger partial charge is 0.129 e. The highest BCUT2D eigenvalue weighted by molar-refractivity contribution is 14.1. The molecule has 0 aliphatic carbocycles. The molecule has 0 saturated heterocycles. The predicted molar refractivity (Wildman–Crippen MR) is 58.3 cm³/mol. The zero-order valence-corrected chi connectivity index (χ0v) is 9.67. The lowest BCUT2D eigenvalue weighted by Crippen LogP contribution is -1.84. The van der Waals surface area contributed by atoms with Crippen LogP contribution in [0.1, 0.15) is 5.56 Å². The van der Waals surface area contributed by atoms with Gasteiger partial charge >= 0.3 is 0 Å². The molecule has 0 atom stereocenters. The van der Waals surface area contributed by atoms with Crippen molar-refractivity contribution < 1.29 is 5.11 Å². The zero-order valence-electron chi connectivity index (χ0n) is 5.36. The third-order valence-electron chi connectivity index (χ3n) is 1.30. The lowest BCUT2D eigenvalue weighted by molar-refractivity contribution is 0.471. The summed E-state index contributed by atoms with van der Waals surface area (Å²) in [5, 5.41) is 9.21. The summed E-state index contributed by atoms with van der Waals surface area (Å²) in [7, 11) is 0. The first-order valence-corrected chi connectivity index (χ1v) is 4.92. The average Bonchev–Trinajstić information content (AvgIpc) is 1.93. The summed E-state index contributed by atoms with van der Waals surface area (Å²) in [5.41, 5.74) is 1.15. The molecular weight excluding hydrogens is 354 g/mol. The highest BCUT2D eigenvalue weighted by atomic mass is 127. The molecule has 10 heavy (non-hydrogen) atoms. The molecule has 0 unspecified atom stereocenters. The van der Waals surface area contributed by atoms with Gasteiger partial charge in [-0.25, -0.2) is 0 Å². The Morgan fingerprint density at radius 2 is 1.90 bits per heavy atom. The van der Waals surface area contributed by atoms with E-state index in [0.717, 1.165) is 9.13 Å². The Hall–Kier alpha value is 0.480. The normalized spacial score (nSPS) is 9.90. The minimum absolute atomic E-state index is 0.374. The van der Waals surface area contributed by atoms with Gasteiger partial charge in [0.25, 0.3) is 0 Å². The molecule has 0 bridgehead atoms. The Balaban J connectivity index is 3.34. The molecule has 0 aromatic heterocycles. The van der Waals surface area contributed by atoms with Gasteiger partial charge in [0.05, 0.1) is 3.57 Å². The van der Waals surface area contributed by atoms with E-state index in [-0.39, 0.29) is 0 Å². The Morgan fingerprint density at radius 3 is 2.40 bits per heavy atom. The molecule has 3 heteroatoms. The largest absolute Gasteiger partial charge is 0.507 e. The van der Waals surface area contributed by atoms with Gasteiger partial charge in [0.2, 0.25) is 0 Å². The first-order chi connectivity index (χ1) is 4.63. The van der Waals surface area contributed by atoms with Crippen LogP contribution in [-0.4, -0.2) is 5.11 Å². The number of halogens is 2. The Kier molecular flexibility index (Phi) is 2.79. The summed E-state index contributed by atoms with van der Waals surface area (Å²) >= 11 is 4.39. The molecule has 0 spiro atoms. The lowest BCUT2D eigenvalue weighted by Gasteiger charge is -2.02. The maximum absolute atomic E-state index is 9.21. The third-order valence-corrected chi connectivity index (χ3v) is 3.83. The fourth-order valence-corrected chi connectivity index (χ4v) is 2.08. The molecule has 1 aromatic rings. The molecule has 1 nitrogen and oxygen atoms in total. The lowest BCUT2D eigenvalue weighted by atomic mass is 10.2. The molecule has 0 fully saturated rings. The van der Waals surface area contributed by atoms with E-state index in [2.05, 4.69) is 45.2 Å². The first-order valence-electron chi connectivity index (χ1n) is 2.76. The van der Waals surface area contributed by atoms with Crippen LogP contribution < -0.4 is 0 Å². The van der Waals surface area contributed by atoms with Crippen molar-refractivity contribution in [2.45, 2.75) is 6.92 Å². The van der Waals surface area contributed by atoms with Gasteiger partial charge in [0, 0.05) is 3.57 Å². The number of aromatic hydroxyl groups is 1. The molecular formula is C7H6I2O. The average molecular weight is 360 g/mol. The third kappa shape index (κ3) is 1.55. The van der Waals surface area contributed by atoms with Gasteiger partial charge in [-0.2, -0.15) is 0 Å². The van der Waals surface area contributed by atoms with Crippen LogP contribution in [0.15, 0.2) is 12.1 Å². The summed E-state index contributed by atoms with van der Waals surface area (Å²) < 4.78 is 2.14. The molecule has 0 saturated carbocycles. The maximum atomic E-state index is 9.21. The van der Waals surface area contributed by atoms with Crippen LogP contribution in [0, 0.1) is 14.1 Å². The minimum Gasteiger partial charge on any atom is -0.507 e. The number of hydrogen-bond acceptors (Lipinski definition) is 1. The van der Waals surface area contributed by atoms with E-state index in [0.29, 0.717) is 5.75 Å². The summed E-state index contributed by atoms with van der Waals surface area (Å²) in [6.45, 7) is 2.00. The maximum Gasteiger partial charge on any atom is 0.129 e. The van der Waals surface area contributed by atoms with Crippen LogP contribution in [0.2, 0.25) is 0 Å². The monoisotopic (exact) mass is 360 g/mol. The zero-order chi connectivity index (χ0) is 7.72. The van der Waals surface area contributed by atoms with Gasteiger partial charge in [-0.15, -0.1) is 0 Å². The number of rotatable bonds is 0. The van der Waals surface area contributed by atoms with Crippen LogP contribution >= 0.6 is 45.2 Å². The van der Waals surface area contributed by atoms with Crippen molar-refractivity contribution in [3.8, 4) is 5.75 Å². The van der Waals surface area contributed by atoms with E-state index in [9.17, 15) is 5.11 Å². The molecule has 0 aliphatic rings. The van der Waals surface area contributed by atoms with Crippen LogP contribution in [-0.2, 0) is 0 Å². The molecule has 0 amide bonds. The SMILES string of the molecule is Cc1c(I)ccc(O)c1I. The van der Waals surface area contributed by atoms with Gasteiger partial charge < -0.3 is 5.11 Å². The number of phenols is 1. The van der Waals surface area contributed by atoms with Gasteiger partial charge in [0.15, 0.2) is 0 Å². The molecule has 1 rings (SSSR count). The Morgan fingerprint density at radius 1 is 1.30 bits per heavy atom. The number of phenolic OH excluding ortho intramolecular Hbond substituents is 1. The summed E-state index contributed by atoms with van der Waals surface area (Å²) in [6.07, 6.45) is 0. The Labute approximate surface area is 87.1 Å². The topological polar surface area (TPSA) is 20.2 Å². The van der Waals surface area contributed by atoms with Gasteiger partial charge in [-0.3, -0.25) is 0 Å². The van der Waals surface area contributed by atoms with Crippen LogP contribution in [0.5, 0.6) is 5.75 Å². The summed E-state index contributed by atoms with van der Waals surface area (Å²) in [4.78, 5) is 0. The second-order valence-electron chi connectivity index (χ2n) is 2.01. The van der Waals surface area contributed by atoms with Crippen LogP contribution in [0.4, 0.5) is 0 Å². The van der Waals surface area contributed by atoms with Crippen molar-refractivity contribution >= 4 is 45.2 Å². The standard InChI is InChI=1S/C7H6I2O/c1-4-5(8)2-3-6(10)7(4)9/h2-3,10H,1H3. The van der Waals surface area contributed by atoms with Crippen molar-refractivity contribution in [2.24, 2.45) is 0 Å². The molecule has 0 radical (unpaired) electrons. The van der Waals surface area contributed by atoms with Crippen molar-refractivity contribution in [1.82, 2.24) is 0 Å².